The maximum absolute atomic E-state index is 12.2. The van der Waals surface area contributed by atoms with Crippen LogP contribution in [0.15, 0.2) is 24.4 Å². The molecule has 1 amide bonds. The fourth-order valence-corrected chi connectivity index (χ4v) is 2.45. The van der Waals surface area contributed by atoms with Crippen LogP contribution in [0, 0.1) is 6.92 Å². The van der Waals surface area contributed by atoms with Gasteiger partial charge in [0, 0.05) is 49.7 Å². The second-order valence-electron chi connectivity index (χ2n) is 5.09. The molecule has 0 atom stereocenters. The van der Waals surface area contributed by atoms with E-state index in [1.165, 1.54) is 0 Å². The van der Waals surface area contributed by atoms with E-state index in [1.807, 2.05) is 44.1 Å². The lowest BCUT2D eigenvalue weighted by atomic mass is 10.0. The first kappa shape index (κ1) is 15.0. The fourth-order valence-electron chi connectivity index (χ4n) is 2.45. The van der Waals surface area contributed by atoms with Crippen LogP contribution in [0.2, 0.25) is 0 Å². The lowest BCUT2D eigenvalue weighted by Crippen LogP contribution is -2.26. The van der Waals surface area contributed by atoms with E-state index in [2.05, 4.69) is 10.3 Å². The second-order valence-corrected chi connectivity index (χ2v) is 5.09. The SMILES string of the molecule is Cc1ccc2c(C(=O)NCCC=O)nccc2c1N(C)C. The summed E-state index contributed by atoms with van der Waals surface area (Å²) in [5.41, 5.74) is 2.62. The Bertz CT molecular complexity index is 681. The molecule has 110 valence electrons. The number of aryl methyl sites for hydroxylation is 1. The molecule has 0 saturated carbocycles. The minimum Gasteiger partial charge on any atom is -0.377 e. The molecule has 2 aromatic rings. The molecule has 0 bridgehead atoms. The van der Waals surface area contributed by atoms with E-state index in [0.29, 0.717) is 18.7 Å². The number of carbonyl (C=O) groups excluding carboxylic acids is 2. The van der Waals surface area contributed by atoms with Gasteiger partial charge in [-0.3, -0.25) is 9.78 Å². The van der Waals surface area contributed by atoms with Gasteiger partial charge < -0.3 is 15.0 Å². The van der Waals surface area contributed by atoms with Crippen molar-refractivity contribution in [3.63, 3.8) is 0 Å². The predicted octanol–water partition coefficient (Wildman–Crippen LogP) is 1.93. The van der Waals surface area contributed by atoms with Gasteiger partial charge in [0.1, 0.15) is 12.0 Å². The molecule has 2 rings (SSSR count). The molecule has 1 N–H and O–H groups in total. The van der Waals surface area contributed by atoms with Gasteiger partial charge in [0.25, 0.3) is 5.91 Å². The van der Waals surface area contributed by atoms with Gasteiger partial charge in [-0.25, -0.2) is 0 Å². The number of amides is 1. The molecule has 5 nitrogen and oxygen atoms in total. The van der Waals surface area contributed by atoms with E-state index in [1.54, 1.807) is 6.20 Å². The third kappa shape index (κ3) is 3.02. The minimum atomic E-state index is -0.254. The number of pyridine rings is 1. The Kier molecular flexibility index (Phi) is 4.52. The Balaban J connectivity index is 2.49. The molecular weight excluding hydrogens is 266 g/mol. The van der Waals surface area contributed by atoms with Gasteiger partial charge in [0.05, 0.1) is 0 Å². The van der Waals surface area contributed by atoms with Gasteiger partial charge >= 0.3 is 0 Å². The molecule has 1 heterocycles. The molecule has 0 saturated heterocycles. The van der Waals surface area contributed by atoms with E-state index >= 15 is 0 Å². The van der Waals surface area contributed by atoms with Crippen LogP contribution in [-0.2, 0) is 4.79 Å². The van der Waals surface area contributed by atoms with E-state index in [9.17, 15) is 9.59 Å². The number of hydrogen-bond donors (Lipinski definition) is 1. The van der Waals surface area contributed by atoms with Crippen molar-refractivity contribution in [2.24, 2.45) is 0 Å². The number of anilines is 1. The summed E-state index contributed by atoms with van der Waals surface area (Å²) in [6, 6.07) is 5.82. The van der Waals surface area contributed by atoms with Gasteiger partial charge in [-0.1, -0.05) is 12.1 Å². The minimum absolute atomic E-state index is 0.254. The smallest absolute Gasteiger partial charge is 0.270 e. The first-order valence-electron chi connectivity index (χ1n) is 6.83. The predicted molar refractivity (Wildman–Crippen MR) is 83.8 cm³/mol. The number of nitrogens with zero attached hydrogens (tertiary/aromatic N) is 2. The van der Waals surface area contributed by atoms with Gasteiger partial charge in [-0.15, -0.1) is 0 Å². The van der Waals surface area contributed by atoms with Crippen LogP contribution in [0.1, 0.15) is 22.5 Å². The quantitative estimate of drug-likeness (QED) is 0.673. The van der Waals surface area contributed by atoms with Gasteiger partial charge in [0.15, 0.2) is 0 Å². The molecular formula is C16H19N3O2. The topological polar surface area (TPSA) is 62.3 Å². The molecule has 0 aliphatic rings. The Morgan fingerprint density at radius 1 is 1.29 bits per heavy atom. The molecule has 1 aromatic carbocycles. The normalized spacial score (nSPS) is 10.4. The van der Waals surface area contributed by atoms with Crippen LogP contribution < -0.4 is 10.2 Å². The van der Waals surface area contributed by atoms with Crippen LogP contribution in [0.25, 0.3) is 10.8 Å². The van der Waals surface area contributed by atoms with Crippen molar-refractivity contribution in [2.75, 3.05) is 25.5 Å². The third-order valence-electron chi connectivity index (χ3n) is 3.33. The number of carbonyl (C=O) groups is 2. The Labute approximate surface area is 124 Å². The highest BCUT2D eigenvalue weighted by molar-refractivity contribution is 6.08. The standard InChI is InChI=1S/C16H19N3O2/c1-11-5-6-12-13(15(11)19(2)3)7-9-17-14(12)16(21)18-8-4-10-20/h5-7,9-10H,4,8H2,1-3H3,(H,18,21). The second kappa shape index (κ2) is 6.35. The highest BCUT2D eigenvalue weighted by atomic mass is 16.2. The van der Waals surface area contributed by atoms with Gasteiger partial charge in [-0.2, -0.15) is 0 Å². The van der Waals surface area contributed by atoms with Crippen molar-refractivity contribution in [1.82, 2.24) is 10.3 Å². The first-order valence-corrected chi connectivity index (χ1v) is 6.83. The lowest BCUT2D eigenvalue weighted by Gasteiger charge is -2.19. The van der Waals surface area contributed by atoms with Crippen molar-refractivity contribution in [1.29, 1.82) is 0 Å². The summed E-state index contributed by atoms with van der Waals surface area (Å²) in [7, 11) is 3.96. The van der Waals surface area contributed by atoms with Crippen molar-refractivity contribution < 1.29 is 9.59 Å². The van der Waals surface area contributed by atoms with Crippen molar-refractivity contribution >= 4 is 28.7 Å². The number of hydrogen-bond acceptors (Lipinski definition) is 4. The van der Waals surface area contributed by atoms with Crippen molar-refractivity contribution in [3.05, 3.63) is 35.7 Å². The molecule has 0 fully saturated rings. The molecule has 0 aliphatic heterocycles. The summed E-state index contributed by atoms with van der Waals surface area (Å²) < 4.78 is 0. The number of aldehydes is 1. The van der Waals surface area contributed by atoms with Crippen LogP contribution in [0.3, 0.4) is 0 Å². The number of rotatable bonds is 5. The third-order valence-corrected chi connectivity index (χ3v) is 3.33. The molecule has 1 aromatic heterocycles. The highest BCUT2D eigenvalue weighted by Gasteiger charge is 2.14. The molecule has 5 heteroatoms. The summed E-state index contributed by atoms with van der Waals surface area (Å²) in [4.78, 5) is 28.7. The molecule has 0 unspecified atom stereocenters. The largest absolute Gasteiger partial charge is 0.377 e. The van der Waals surface area contributed by atoms with E-state index < -0.39 is 0 Å². The van der Waals surface area contributed by atoms with Crippen molar-refractivity contribution in [3.8, 4) is 0 Å². The fraction of sp³-hybridized carbons (Fsp3) is 0.312. The van der Waals surface area contributed by atoms with Crippen molar-refractivity contribution in [2.45, 2.75) is 13.3 Å². The van der Waals surface area contributed by atoms with Crippen LogP contribution in [0.4, 0.5) is 5.69 Å². The van der Waals surface area contributed by atoms with E-state index in [0.717, 1.165) is 28.3 Å². The highest BCUT2D eigenvalue weighted by Crippen LogP contribution is 2.30. The van der Waals surface area contributed by atoms with E-state index in [4.69, 9.17) is 0 Å². The monoisotopic (exact) mass is 285 g/mol. The number of nitrogens with one attached hydrogen (secondary N) is 1. The summed E-state index contributed by atoms with van der Waals surface area (Å²) in [5.74, 6) is -0.254. The van der Waals surface area contributed by atoms with Gasteiger partial charge in [0.2, 0.25) is 0 Å². The van der Waals surface area contributed by atoms with Crippen LogP contribution in [0.5, 0.6) is 0 Å². The zero-order chi connectivity index (χ0) is 15.4. The Hall–Kier alpha value is -2.43. The number of aromatic nitrogens is 1. The number of benzene rings is 1. The summed E-state index contributed by atoms with van der Waals surface area (Å²) in [6.45, 7) is 2.37. The Morgan fingerprint density at radius 2 is 2.05 bits per heavy atom. The summed E-state index contributed by atoms with van der Waals surface area (Å²) >= 11 is 0. The Morgan fingerprint density at radius 3 is 2.71 bits per heavy atom. The van der Waals surface area contributed by atoms with Gasteiger partial charge in [-0.05, 0) is 18.6 Å². The molecule has 0 spiro atoms. The average molecular weight is 285 g/mol. The first-order chi connectivity index (χ1) is 10.1. The number of fused-ring (bicyclic) bond motifs is 1. The lowest BCUT2D eigenvalue weighted by molar-refractivity contribution is -0.107. The molecule has 0 radical (unpaired) electrons. The summed E-state index contributed by atoms with van der Waals surface area (Å²) in [5, 5.41) is 4.52. The van der Waals surface area contributed by atoms with E-state index in [-0.39, 0.29) is 5.91 Å². The molecule has 21 heavy (non-hydrogen) atoms. The van der Waals surface area contributed by atoms with Crippen LogP contribution >= 0.6 is 0 Å². The summed E-state index contributed by atoms with van der Waals surface area (Å²) in [6.07, 6.45) is 2.73. The maximum Gasteiger partial charge on any atom is 0.270 e. The maximum atomic E-state index is 12.2. The molecule has 0 aliphatic carbocycles. The zero-order valence-corrected chi connectivity index (χ0v) is 12.5. The van der Waals surface area contributed by atoms with Crippen LogP contribution in [-0.4, -0.2) is 37.8 Å². The zero-order valence-electron chi connectivity index (χ0n) is 12.5. The average Bonchev–Trinajstić information content (AvgIpc) is 2.46.